The predicted molar refractivity (Wildman–Crippen MR) is 123 cm³/mol. The second-order valence-electron chi connectivity index (χ2n) is 6.49. The minimum Gasteiger partial charge on any atom is -0.370 e. The summed E-state index contributed by atoms with van der Waals surface area (Å²) in [6, 6.07) is 19.1. The Morgan fingerprint density at radius 3 is 2.40 bits per heavy atom. The Morgan fingerprint density at radius 2 is 1.73 bits per heavy atom. The standard InChI is InChI=1S/C21H23N5O2S2/c22-20(23)25-21-24-19(16-29-21)15-26(13-11-17-7-3-1-4-8-17)30(27,28)14-12-18-9-5-2-6-10-18/h1-10,12,14,16H,11,13,15H2,(H4,22,23,24,25)/b14-12+. The summed E-state index contributed by atoms with van der Waals surface area (Å²) in [7, 11) is -3.67. The second kappa shape index (κ2) is 10.1. The van der Waals surface area contributed by atoms with Crippen molar-refractivity contribution >= 4 is 38.5 Å². The summed E-state index contributed by atoms with van der Waals surface area (Å²) in [5.74, 6) is -0.0877. The van der Waals surface area contributed by atoms with E-state index in [2.05, 4.69) is 9.98 Å². The van der Waals surface area contributed by atoms with Crippen LogP contribution >= 0.6 is 11.3 Å². The molecule has 0 saturated heterocycles. The van der Waals surface area contributed by atoms with Crippen molar-refractivity contribution in [3.8, 4) is 0 Å². The van der Waals surface area contributed by atoms with Crippen LogP contribution in [0.4, 0.5) is 5.13 Å². The van der Waals surface area contributed by atoms with Crippen LogP contribution in [0.25, 0.3) is 6.08 Å². The van der Waals surface area contributed by atoms with Gasteiger partial charge in [-0.25, -0.2) is 13.4 Å². The molecule has 4 N–H and O–H groups in total. The molecular formula is C21H23N5O2S2. The number of hydrogen-bond acceptors (Lipinski definition) is 5. The van der Waals surface area contributed by atoms with Crippen LogP contribution in [-0.4, -0.2) is 30.2 Å². The Labute approximate surface area is 180 Å². The molecule has 0 amide bonds. The van der Waals surface area contributed by atoms with Crippen molar-refractivity contribution in [3.63, 3.8) is 0 Å². The molecular weight excluding hydrogens is 418 g/mol. The first kappa shape index (κ1) is 21.7. The van der Waals surface area contributed by atoms with Gasteiger partial charge in [-0.1, -0.05) is 60.7 Å². The van der Waals surface area contributed by atoms with Crippen LogP contribution in [0, 0.1) is 0 Å². The highest BCUT2D eigenvalue weighted by Gasteiger charge is 2.21. The number of nitrogens with zero attached hydrogens (tertiary/aromatic N) is 3. The molecule has 0 bridgehead atoms. The van der Waals surface area contributed by atoms with Crippen LogP contribution in [0.15, 0.2) is 76.4 Å². The molecule has 0 saturated carbocycles. The van der Waals surface area contributed by atoms with E-state index < -0.39 is 10.0 Å². The van der Waals surface area contributed by atoms with Gasteiger partial charge in [0.2, 0.25) is 15.2 Å². The average Bonchev–Trinajstić information content (AvgIpc) is 3.17. The van der Waals surface area contributed by atoms with Crippen LogP contribution in [0.1, 0.15) is 16.8 Å². The second-order valence-corrected chi connectivity index (χ2v) is 9.14. The first-order chi connectivity index (χ1) is 14.4. The highest BCUT2D eigenvalue weighted by atomic mass is 32.2. The monoisotopic (exact) mass is 441 g/mol. The summed E-state index contributed by atoms with van der Waals surface area (Å²) in [6.45, 7) is 0.450. The van der Waals surface area contributed by atoms with E-state index >= 15 is 0 Å². The van der Waals surface area contributed by atoms with Crippen molar-refractivity contribution in [2.75, 3.05) is 6.54 Å². The van der Waals surface area contributed by atoms with Crippen molar-refractivity contribution < 1.29 is 8.42 Å². The maximum absolute atomic E-state index is 13.1. The Morgan fingerprint density at radius 1 is 1.07 bits per heavy atom. The molecule has 0 aliphatic heterocycles. The van der Waals surface area contributed by atoms with Gasteiger partial charge in [0.1, 0.15) is 0 Å². The minimum atomic E-state index is -3.67. The SMILES string of the molecule is NC(N)=Nc1nc(CN(CCc2ccccc2)S(=O)(=O)/C=C/c2ccccc2)cs1. The smallest absolute Gasteiger partial charge is 0.236 e. The Balaban J connectivity index is 1.81. The summed E-state index contributed by atoms with van der Waals surface area (Å²) in [5, 5.41) is 3.38. The first-order valence-electron chi connectivity index (χ1n) is 9.23. The summed E-state index contributed by atoms with van der Waals surface area (Å²) >= 11 is 1.26. The van der Waals surface area contributed by atoms with E-state index in [1.165, 1.54) is 21.1 Å². The van der Waals surface area contributed by atoms with Gasteiger partial charge in [0, 0.05) is 17.3 Å². The van der Waals surface area contributed by atoms with E-state index in [-0.39, 0.29) is 12.5 Å². The molecule has 1 heterocycles. The van der Waals surface area contributed by atoms with Crippen LogP contribution < -0.4 is 11.5 Å². The third-order valence-electron chi connectivity index (χ3n) is 4.19. The highest BCUT2D eigenvalue weighted by Crippen LogP contribution is 2.21. The van der Waals surface area contributed by atoms with E-state index in [1.54, 1.807) is 11.5 Å². The molecule has 0 atom stereocenters. The average molecular weight is 442 g/mol. The van der Waals surface area contributed by atoms with E-state index in [1.807, 2.05) is 60.7 Å². The molecule has 0 fully saturated rings. The summed E-state index contributed by atoms with van der Waals surface area (Å²) in [6.07, 6.45) is 2.18. The fourth-order valence-corrected chi connectivity index (χ4v) is 4.58. The largest absolute Gasteiger partial charge is 0.370 e. The third-order valence-corrected chi connectivity index (χ3v) is 6.48. The number of rotatable bonds is 9. The molecule has 2 aromatic carbocycles. The quantitative estimate of drug-likeness (QED) is 0.391. The minimum absolute atomic E-state index is 0.0877. The van der Waals surface area contributed by atoms with E-state index in [9.17, 15) is 8.42 Å². The van der Waals surface area contributed by atoms with E-state index in [4.69, 9.17) is 11.5 Å². The normalized spacial score (nSPS) is 11.8. The third kappa shape index (κ3) is 6.51. The lowest BCUT2D eigenvalue weighted by Crippen LogP contribution is -2.31. The Bertz CT molecular complexity index is 1110. The Kier molecular flexibility index (Phi) is 7.34. The zero-order valence-electron chi connectivity index (χ0n) is 16.3. The number of sulfonamides is 1. The molecule has 30 heavy (non-hydrogen) atoms. The van der Waals surface area contributed by atoms with Crippen molar-refractivity contribution in [1.82, 2.24) is 9.29 Å². The van der Waals surface area contributed by atoms with Gasteiger partial charge in [0.25, 0.3) is 0 Å². The van der Waals surface area contributed by atoms with Gasteiger partial charge in [-0.2, -0.15) is 9.30 Å². The number of benzene rings is 2. The molecule has 156 valence electrons. The number of thiazole rings is 1. The topological polar surface area (TPSA) is 115 Å². The fourth-order valence-electron chi connectivity index (χ4n) is 2.72. The van der Waals surface area contributed by atoms with Gasteiger partial charge < -0.3 is 11.5 Å². The molecule has 7 nitrogen and oxygen atoms in total. The maximum Gasteiger partial charge on any atom is 0.236 e. The first-order valence-corrected chi connectivity index (χ1v) is 11.6. The van der Waals surface area contributed by atoms with Crippen molar-refractivity contribution in [3.05, 3.63) is 88.3 Å². The lowest BCUT2D eigenvalue weighted by molar-refractivity contribution is 0.412. The van der Waals surface area contributed by atoms with Gasteiger partial charge in [-0.3, -0.25) is 0 Å². The molecule has 0 radical (unpaired) electrons. The van der Waals surface area contributed by atoms with Crippen molar-refractivity contribution in [2.45, 2.75) is 13.0 Å². The summed E-state index contributed by atoms with van der Waals surface area (Å²) in [4.78, 5) is 8.23. The number of aliphatic imine (C=N–C) groups is 1. The fraction of sp³-hybridized carbons (Fsp3) is 0.143. The van der Waals surface area contributed by atoms with Crippen LogP contribution in [0.2, 0.25) is 0 Å². The molecule has 3 rings (SSSR count). The molecule has 0 unspecified atom stereocenters. The molecule has 1 aromatic heterocycles. The van der Waals surface area contributed by atoms with Crippen LogP contribution in [0.3, 0.4) is 0 Å². The molecule has 9 heteroatoms. The van der Waals surface area contributed by atoms with Crippen LogP contribution in [0.5, 0.6) is 0 Å². The molecule has 3 aromatic rings. The number of aromatic nitrogens is 1. The van der Waals surface area contributed by atoms with Crippen LogP contribution in [-0.2, 0) is 23.0 Å². The van der Waals surface area contributed by atoms with E-state index in [0.29, 0.717) is 23.8 Å². The highest BCUT2D eigenvalue weighted by molar-refractivity contribution is 7.92. The van der Waals surface area contributed by atoms with Gasteiger partial charge in [-0.15, -0.1) is 11.3 Å². The summed E-state index contributed by atoms with van der Waals surface area (Å²) in [5.41, 5.74) is 13.2. The van der Waals surface area contributed by atoms with Gasteiger partial charge in [0.05, 0.1) is 12.2 Å². The van der Waals surface area contributed by atoms with Gasteiger partial charge in [-0.05, 0) is 23.6 Å². The number of guanidine groups is 1. The van der Waals surface area contributed by atoms with E-state index in [0.717, 1.165) is 11.1 Å². The number of hydrogen-bond donors (Lipinski definition) is 2. The summed E-state index contributed by atoms with van der Waals surface area (Å²) < 4.78 is 27.5. The lowest BCUT2D eigenvalue weighted by atomic mass is 10.1. The van der Waals surface area contributed by atoms with Gasteiger partial charge in [0.15, 0.2) is 5.96 Å². The maximum atomic E-state index is 13.1. The molecule has 0 spiro atoms. The molecule has 0 aliphatic carbocycles. The van der Waals surface area contributed by atoms with Crippen molar-refractivity contribution in [1.29, 1.82) is 0 Å². The van der Waals surface area contributed by atoms with Crippen molar-refractivity contribution in [2.24, 2.45) is 16.5 Å². The Hall–Kier alpha value is -3.01. The molecule has 0 aliphatic rings. The number of nitrogens with two attached hydrogens (primary N) is 2. The van der Waals surface area contributed by atoms with Gasteiger partial charge >= 0.3 is 0 Å². The lowest BCUT2D eigenvalue weighted by Gasteiger charge is -2.19. The predicted octanol–water partition coefficient (Wildman–Crippen LogP) is 3.09. The zero-order valence-corrected chi connectivity index (χ0v) is 17.9. The zero-order chi connectivity index (χ0) is 21.4.